The van der Waals surface area contributed by atoms with E-state index >= 15 is 0 Å². The lowest BCUT2D eigenvalue weighted by Crippen LogP contribution is -2.49. The van der Waals surface area contributed by atoms with Gasteiger partial charge in [0.2, 0.25) is 5.76 Å². The number of oxazole rings is 1. The fourth-order valence-electron chi connectivity index (χ4n) is 1.46. The topological polar surface area (TPSA) is 81.4 Å². The lowest BCUT2D eigenvalue weighted by molar-refractivity contribution is -0.145. The molecule has 6 nitrogen and oxygen atoms in total. The molecule has 0 saturated heterocycles. The normalized spacial score (nSPS) is 12.9. The summed E-state index contributed by atoms with van der Waals surface area (Å²) in [6.45, 7) is 7.16. The van der Waals surface area contributed by atoms with Gasteiger partial charge in [0.15, 0.2) is 6.39 Å². The maximum absolute atomic E-state index is 12.0. The van der Waals surface area contributed by atoms with Crippen LogP contribution in [0.25, 0.3) is 0 Å². The monoisotopic (exact) mass is 254 g/mol. The van der Waals surface area contributed by atoms with Crippen molar-refractivity contribution in [3.05, 3.63) is 17.8 Å². The number of carbonyl (C=O) groups is 2. The first-order chi connectivity index (χ1) is 8.27. The molecule has 1 N–H and O–H groups in total. The van der Waals surface area contributed by atoms with Gasteiger partial charge in [0.25, 0.3) is 5.91 Å². The molecule has 0 spiro atoms. The maximum atomic E-state index is 12.0. The number of nitrogens with one attached hydrogen (secondary N) is 1. The van der Waals surface area contributed by atoms with E-state index in [0.717, 1.165) is 0 Å². The lowest BCUT2D eigenvalue weighted by atomic mass is 9.86. The van der Waals surface area contributed by atoms with E-state index in [1.165, 1.54) is 13.5 Å². The van der Waals surface area contributed by atoms with Crippen molar-refractivity contribution in [3.8, 4) is 0 Å². The minimum absolute atomic E-state index is 0.105. The average molecular weight is 254 g/mol. The van der Waals surface area contributed by atoms with Gasteiger partial charge in [-0.05, 0) is 12.3 Å². The molecule has 100 valence electrons. The maximum Gasteiger partial charge on any atom is 0.328 e. The summed E-state index contributed by atoms with van der Waals surface area (Å²) in [6.07, 6.45) is 1.19. The molecular formula is C12H18N2O4. The first-order valence-electron chi connectivity index (χ1n) is 5.56. The highest BCUT2D eigenvalue weighted by molar-refractivity contribution is 5.95. The third-order valence-electron chi connectivity index (χ3n) is 2.53. The van der Waals surface area contributed by atoms with Crippen molar-refractivity contribution >= 4 is 11.9 Å². The van der Waals surface area contributed by atoms with Crippen molar-refractivity contribution in [3.63, 3.8) is 0 Å². The molecule has 0 aliphatic rings. The molecule has 1 heterocycles. The highest BCUT2D eigenvalue weighted by Gasteiger charge is 2.34. The van der Waals surface area contributed by atoms with Crippen LogP contribution in [0.2, 0.25) is 0 Å². The van der Waals surface area contributed by atoms with E-state index in [9.17, 15) is 9.59 Å². The molecule has 0 aliphatic heterocycles. The van der Waals surface area contributed by atoms with Crippen molar-refractivity contribution in [2.45, 2.75) is 33.7 Å². The van der Waals surface area contributed by atoms with Crippen LogP contribution in [0.1, 0.15) is 37.0 Å². The summed E-state index contributed by atoms with van der Waals surface area (Å²) in [6, 6.07) is -0.750. The summed E-state index contributed by atoms with van der Waals surface area (Å²) < 4.78 is 9.67. The molecule has 0 saturated carbocycles. The molecule has 1 amide bonds. The summed E-state index contributed by atoms with van der Waals surface area (Å²) >= 11 is 0. The van der Waals surface area contributed by atoms with Crippen LogP contribution in [0.4, 0.5) is 0 Å². The van der Waals surface area contributed by atoms with E-state index in [0.29, 0.717) is 5.69 Å². The molecule has 1 aromatic rings. The zero-order chi connectivity index (χ0) is 13.9. The van der Waals surface area contributed by atoms with Gasteiger partial charge in [-0.2, -0.15) is 0 Å². The number of hydrogen-bond donors (Lipinski definition) is 1. The second-order valence-electron chi connectivity index (χ2n) is 5.06. The molecule has 0 bridgehead atoms. The Bertz CT molecular complexity index is 445. The molecule has 0 aromatic carbocycles. The van der Waals surface area contributed by atoms with E-state index in [1.807, 2.05) is 20.8 Å². The third-order valence-corrected chi connectivity index (χ3v) is 2.53. The molecule has 6 heteroatoms. The Balaban J connectivity index is 2.89. The minimum atomic E-state index is -0.750. The van der Waals surface area contributed by atoms with Gasteiger partial charge in [0, 0.05) is 0 Å². The van der Waals surface area contributed by atoms with Gasteiger partial charge in [-0.25, -0.2) is 9.78 Å². The van der Waals surface area contributed by atoms with Gasteiger partial charge in [-0.15, -0.1) is 0 Å². The molecular weight excluding hydrogens is 236 g/mol. The Morgan fingerprint density at radius 2 is 2.06 bits per heavy atom. The van der Waals surface area contributed by atoms with Crippen LogP contribution >= 0.6 is 0 Å². The summed E-state index contributed by atoms with van der Waals surface area (Å²) in [5.41, 5.74) is 0.0152. The smallest absolute Gasteiger partial charge is 0.328 e. The van der Waals surface area contributed by atoms with Crippen LogP contribution in [0.5, 0.6) is 0 Å². The highest BCUT2D eigenvalue weighted by Crippen LogP contribution is 2.21. The predicted octanol–water partition coefficient (Wildman–Crippen LogP) is 1.30. The zero-order valence-corrected chi connectivity index (χ0v) is 11.2. The molecule has 0 fully saturated rings. The van der Waals surface area contributed by atoms with Crippen LogP contribution in [-0.2, 0) is 9.53 Å². The second kappa shape index (κ2) is 5.20. The van der Waals surface area contributed by atoms with Crippen LogP contribution in [0.3, 0.4) is 0 Å². The molecule has 0 radical (unpaired) electrons. The highest BCUT2D eigenvalue weighted by atomic mass is 16.5. The van der Waals surface area contributed by atoms with E-state index in [-0.39, 0.29) is 5.76 Å². The fraction of sp³-hybridized carbons (Fsp3) is 0.583. The SMILES string of the molecule is COC(=O)[C@@H](NC(=O)c1ocnc1C)C(C)(C)C. The Labute approximate surface area is 106 Å². The second-order valence-corrected chi connectivity index (χ2v) is 5.06. The first kappa shape index (κ1) is 14.2. The van der Waals surface area contributed by atoms with E-state index in [2.05, 4.69) is 15.0 Å². The van der Waals surface area contributed by atoms with Gasteiger partial charge < -0.3 is 14.5 Å². The molecule has 1 atom stereocenters. The number of aryl methyl sites for hydroxylation is 1. The number of rotatable bonds is 3. The Kier molecular flexibility index (Phi) is 4.11. The van der Waals surface area contributed by atoms with Gasteiger partial charge >= 0.3 is 5.97 Å². The summed E-state index contributed by atoms with van der Waals surface area (Å²) in [5, 5.41) is 2.60. The largest absolute Gasteiger partial charge is 0.467 e. The number of carbonyl (C=O) groups excluding carboxylic acids is 2. The average Bonchev–Trinajstić information content (AvgIpc) is 2.69. The van der Waals surface area contributed by atoms with E-state index in [4.69, 9.17) is 4.42 Å². The molecule has 0 unspecified atom stereocenters. The van der Waals surface area contributed by atoms with Crippen LogP contribution < -0.4 is 5.32 Å². The Morgan fingerprint density at radius 1 is 1.44 bits per heavy atom. The van der Waals surface area contributed by atoms with Crippen molar-refractivity contribution in [1.29, 1.82) is 0 Å². The van der Waals surface area contributed by atoms with Crippen LogP contribution in [-0.4, -0.2) is 30.0 Å². The Morgan fingerprint density at radius 3 is 2.44 bits per heavy atom. The van der Waals surface area contributed by atoms with Crippen molar-refractivity contribution in [1.82, 2.24) is 10.3 Å². The van der Waals surface area contributed by atoms with Gasteiger partial charge in [-0.3, -0.25) is 4.79 Å². The molecule has 0 aliphatic carbocycles. The Hall–Kier alpha value is -1.85. The van der Waals surface area contributed by atoms with E-state index in [1.54, 1.807) is 6.92 Å². The van der Waals surface area contributed by atoms with Crippen molar-refractivity contribution < 1.29 is 18.7 Å². The zero-order valence-electron chi connectivity index (χ0n) is 11.2. The summed E-state index contributed by atoms with van der Waals surface area (Å²) in [4.78, 5) is 27.4. The number of ether oxygens (including phenoxy) is 1. The van der Waals surface area contributed by atoms with Gasteiger partial charge in [0.05, 0.1) is 12.8 Å². The minimum Gasteiger partial charge on any atom is -0.467 e. The summed E-state index contributed by atoms with van der Waals surface area (Å²) in [7, 11) is 1.28. The number of amides is 1. The number of nitrogens with zero attached hydrogens (tertiary/aromatic N) is 1. The van der Waals surface area contributed by atoms with Crippen molar-refractivity contribution in [2.75, 3.05) is 7.11 Å². The summed E-state index contributed by atoms with van der Waals surface area (Å²) in [5.74, 6) is -0.864. The number of esters is 1. The quantitative estimate of drug-likeness (QED) is 0.822. The molecule has 1 aromatic heterocycles. The molecule has 1 rings (SSSR count). The third kappa shape index (κ3) is 3.09. The first-order valence-corrected chi connectivity index (χ1v) is 5.56. The van der Waals surface area contributed by atoms with E-state index < -0.39 is 23.3 Å². The van der Waals surface area contributed by atoms with Gasteiger partial charge in [0.1, 0.15) is 6.04 Å². The predicted molar refractivity (Wildman–Crippen MR) is 64.0 cm³/mol. The standard InChI is InChI=1S/C12H18N2O4/c1-7-8(18-6-13-7)10(15)14-9(11(16)17-5)12(2,3)4/h6,9H,1-5H3,(H,14,15)/t9-/m1/s1. The molecule has 18 heavy (non-hydrogen) atoms. The number of hydrogen-bond acceptors (Lipinski definition) is 5. The number of methoxy groups -OCH3 is 1. The van der Waals surface area contributed by atoms with Crippen LogP contribution in [0, 0.1) is 12.3 Å². The van der Waals surface area contributed by atoms with Crippen LogP contribution in [0.15, 0.2) is 10.8 Å². The van der Waals surface area contributed by atoms with Gasteiger partial charge in [-0.1, -0.05) is 20.8 Å². The fourth-order valence-corrected chi connectivity index (χ4v) is 1.46. The number of aromatic nitrogens is 1. The lowest BCUT2D eigenvalue weighted by Gasteiger charge is -2.28. The van der Waals surface area contributed by atoms with Crippen molar-refractivity contribution in [2.24, 2.45) is 5.41 Å².